The van der Waals surface area contributed by atoms with E-state index in [-0.39, 0.29) is 5.69 Å². The largest absolute Gasteiger partial charge is 0.493 e. The van der Waals surface area contributed by atoms with Crippen molar-refractivity contribution in [2.45, 2.75) is 19.3 Å². The van der Waals surface area contributed by atoms with Gasteiger partial charge in [-0.15, -0.1) is 0 Å². The molecule has 2 aromatic rings. The molecule has 0 bridgehead atoms. The molecule has 0 radical (unpaired) electrons. The van der Waals surface area contributed by atoms with Gasteiger partial charge in [0.05, 0.1) is 25.3 Å². The molecule has 0 fully saturated rings. The van der Waals surface area contributed by atoms with Gasteiger partial charge in [-0.3, -0.25) is 4.79 Å². The summed E-state index contributed by atoms with van der Waals surface area (Å²) in [6.07, 6.45) is 0. The van der Waals surface area contributed by atoms with Crippen molar-refractivity contribution in [2.24, 2.45) is 0 Å². The van der Waals surface area contributed by atoms with Crippen molar-refractivity contribution < 1.29 is 23.0 Å². The summed E-state index contributed by atoms with van der Waals surface area (Å²) in [6.45, 7) is 3.40. The minimum Gasteiger partial charge on any atom is -0.493 e. The number of nitrogens with one attached hydrogen (secondary N) is 1. The number of halogens is 2. The topological polar surface area (TPSA) is 47.6 Å². The highest BCUT2D eigenvalue weighted by Crippen LogP contribution is 2.34. The summed E-state index contributed by atoms with van der Waals surface area (Å²) >= 11 is 0. The SMILES string of the molecule is COc1ccc(C(C)(C)C(=O)Nc2ccc(F)cc2F)cc1OC. The number of anilines is 1. The van der Waals surface area contributed by atoms with Crippen LogP contribution in [0.5, 0.6) is 11.5 Å². The van der Waals surface area contributed by atoms with Gasteiger partial charge in [0.2, 0.25) is 5.91 Å². The van der Waals surface area contributed by atoms with Crippen LogP contribution in [0.4, 0.5) is 14.5 Å². The summed E-state index contributed by atoms with van der Waals surface area (Å²) < 4.78 is 37.1. The fourth-order valence-electron chi connectivity index (χ4n) is 2.23. The highest BCUT2D eigenvalue weighted by molar-refractivity contribution is 5.98. The Morgan fingerprint density at radius 3 is 2.25 bits per heavy atom. The lowest BCUT2D eigenvalue weighted by Gasteiger charge is -2.25. The third kappa shape index (κ3) is 3.48. The fourth-order valence-corrected chi connectivity index (χ4v) is 2.23. The average molecular weight is 335 g/mol. The zero-order valence-electron chi connectivity index (χ0n) is 13.9. The van der Waals surface area contributed by atoms with E-state index in [0.717, 1.165) is 12.1 Å². The Bertz CT molecular complexity index is 760. The molecule has 0 aromatic heterocycles. The molecule has 0 spiro atoms. The van der Waals surface area contributed by atoms with Crippen LogP contribution in [0.2, 0.25) is 0 Å². The Kier molecular flexibility index (Phi) is 5.07. The Morgan fingerprint density at radius 1 is 1.00 bits per heavy atom. The van der Waals surface area contributed by atoms with Crippen LogP contribution in [0.3, 0.4) is 0 Å². The van der Waals surface area contributed by atoms with E-state index in [0.29, 0.717) is 17.1 Å². The third-order valence-electron chi connectivity index (χ3n) is 3.85. The molecule has 6 heteroatoms. The smallest absolute Gasteiger partial charge is 0.234 e. The van der Waals surface area contributed by atoms with E-state index in [4.69, 9.17) is 9.47 Å². The maximum absolute atomic E-state index is 13.7. The highest BCUT2D eigenvalue weighted by Gasteiger charge is 2.31. The molecule has 0 saturated heterocycles. The lowest BCUT2D eigenvalue weighted by molar-refractivity contribution is -0.120. The van der Waals surface area contributed by atoms with Crippen molar-refractivity contribution in [3.8, 4) is 11.5 Å². The molecular formula is C18H19F2NO3. The van der Waals surface area contributed by atoms with Crippen molar-refractivity contribution in [3.05, 3.63) is 53.6 Å². The summed E-state index contributed by atoms with van der Waals surface area (Å²) in [6, 6.07) is 8.12. The van der Waals surface area contributed by atoms with Crippen molar-refractivity contribution in [1.82, 2.24) is 0 Å². The molecule has 2 rings (SSSR count). The minimum atomic E-state index is -0.972. The third-order valence-corrected chi connectivity index (χ3v) is 3.85. The molecule has 1 N–H and O–H groups in total. The van der Waals surface area contributed by atoms with Gasteiger partial charge in [0.1, 0.15) is 11.6 Å². The maximum Gasteiger partial charge on any atom is 0.234 e. The standard InChI is InChI=1S/C18H19F2NO3/c1-18(2,11-5-8-15(23-3)16(9-11)24-4)17(22)21-14-7-6-12(19)10-13(14)20/h5-10H,1-4H3,(H,21,22). The summed E-state index contributed by atoms with van der Waals surface area (Å²) in [7, 11) is 3.02. The van der Waals surface area contributed by atoms with Crippen LogP contribution in [0.15, 0.2) is 36.4 Å². The summed E-state index contributed by atoms with van der Waals surface area (Å²) in [5.74, 6) is -0.929. The zero-order chi connectivity index (χ0) is 17.9. The van der Waals surface area contributed by atoms with Gasteiger partial charge in [0, 0.05) is 6.07 Å². The Balaban J connectivity index is 2.30. The fraction of sp³-hybridized carbons (Fsp3) is 0.278. The first kappa shape index (κ1) is 17.7. The second kappa shape index (κ2) is 6.86. The predicted molar refractivity (Wildman–Crippen MR) is 87.6 cm³/mol. The van der Waals surface area contributed by atoms with Crippen LogP contribution in [0.1, 0.15) is 19.4 Å². The van der Waals surface area contributed by atoms with Crippen LogP contribution in [0.25, 0.3) is 0 Å². The summed E-state index contributed by atoms with van der Waals surface area (Å²) in [5, 5.41) is 2.49. The Morgan fingerprint density at radius 2 is 1.67 bits per heavy atom. The lowest BCUT2D eigenvalue weighted by Crippen LogP contribution is -2.35. The molecule has 0 atom stereocenters. The van der Waals surface area contributed by atoms with Crippen LogP contribution in [-0.4, -0.2) is 20.1 Å². The molecule has 128 valence electrons. The number of hydrogen-bond donors (Lipinski definition) is 1. The van der Waals surface area contributed by atoms with Crippen LogP contribution < -0.4 is 14.8 Å². The van der Waals surface area contributed by atoms with Gasteiger partial charge in [-0.1, -0.05) is 6.07 Å². The van der Waals surface area contributed by atoms with E-state index in [1.54, 1.807) is 32.0 Å². The number of amides is 1. The molecular weight excluding hydrogens is 316 g/mol. The number of rotatable bonds is 5. The molecule has 0 aliphatic heterocycles. The number of hydrogen-bond acceptors (Lipinski definition) is 3. The van der Waals surface area contributed by atoms with E-state index in [9.17, 15) is 13.6 Å². The molecule has 24 heavy (non-hydrogen) atoms. The Labute approximate surface area is 139 Å². The van der Waals surface area contributed by atoms with Crippen LogP contribution in [0, 0.1) is 11.6 Å². The van der Waals surface area contributed by atoms with Crippen molar-refractivity contribution in [2.75, 3.05) is 19.5 Å². The number of carbonyl (C=O) groups excluding carboxylic acids is 1. The molecule has 0 aliphatic rings. The zero-order valence-corrected chi connectivity index (χ0v) is 13.9. The molecule has 0 unspecified atom stereocenters. The number of ether oxygens (including phenoxy) is 2. The van der Waals surface area contributed by atoms with Gasteiger partial charge in [0.25, 0.3) is 0 Å². The van der Waals surface area contributed by atoms with E-state index in [2.05, 4.69) is 5.32 Å². The maximum atomic E-state index is 13.7. The molecule has 0 aliphatic carbocycles. The van der Waals surface area contributed by atoms with Crippen molar-refractivity contribution >= 4 is 11.6 Å². The van der Waals surface area contributed by atoms with Gasteiger partial charge in [-0.2, -0.15) is 0 Å². The molecule has 4 nitrogen and oxygen atoms in total. The number of carbonyl (C=O) groups is 1. The van der Waals surface area contributed by atoms with Crippen LogP contribution in [-0.2, 0) is 10.2 Å². The lowest BCUT2D eigenvalue weighted by atomic mass is 9.83. The van der Waals surface area contributed by atoms with Gasteiger partial charge < -0.3 is 14.8 Å². The van der Waals surface area contributed by atoms with Crippen molar-refractivity contribution in [3.63, 3.8) is 0 Å². The molecule has 0 heterocycles. The van der Waals surface area contributed by atoms with Crippen LogP contribution >= 0.6 is 0 Å². The normalized spacial score (nSPS) is 11.1. The molecule has 0 saturated carbocycles. The van der Waals surface area contributed by atoms with Crippen molar-refractivity contribution in [1.29, 1.82) is 0 Å². The second-order valence-electron chi connectivity index (χ2n) is 5.77. The average Bonchev–Trinajstić information content (AvgIpc) is 2.56. The first-order valence-corrected chi connectivity index (χ1v) is 7.28. The van der Waals surface area contributed by atoms with Gasteiger partial charge in [0.15, 0.2) is 11.5 Å². The summed E-state index contributed by atoms with van der Waals surface area (Å²) in [4.78, 5) is 12.6. The second-order valence-corrected chi connectivity index (χ2v) is 5.77. The number of methoxy groups -OCH3 is 2. The molecule has 2 aromatic carbocycles. The van der Waals surface area contributed by atoms with Gasteiger partial charge in [-0.05, 0) is 43.7 Å². The number of benzene rings is 2. The predicted octanol–water partition coefficient (Wildman–Crippen LogP) is 3.90. The first-order chi connectivity index (χ1) is 11.3. The Hall–Kier alpha value is -2.63. The van der Waals surface area contributed by atoms with Gasteiger partial charge >= 0.3 is 0 Å². The highest BCUT2D eigenvalue weighted by atomic mass is 19.1. The quantitative estimate of drug-likeness (QED) is 0.901. The van der Waals surface area contributed by atoms with E-state index in [1.807, 2.05) is 0 Å². The van der Waals surface area contributed by atoms with E-state index < -0.39 is 23.0 Å². The minimum absolute atomic E-state index is 0.0741. The van der Waals surface area contributed by atoms with Gasteiger partial charge in [-0.25, -0.2) is 8.78 Å². The summed E-state index contributed by atoms with van der Waals surface area (Å²) in [5.41, 5.74) is -0.379. The van der Waals surface area contributed by atoms with E-state index in [1.165, 1.54) is 20.3 Å². The molecule has 1 amide bonds. The first-order valence-electron chi connectivity index (χ1n) is 7.28. The van der Waals surface area contributed by atoms with E-state index >= 15 is 0 Å². The monoisotopic (exact) mass is 335 g/mol.